The average Bonchev–Trinajstić information content (AvgIpc) is 2.25. The minimum Gasteiger partial charge on any atom is -0.294 e. The Bertz CT molecular complexity index is 440. The van der Waals surface area contributed by atoms with Crippen molar-refractivity contribution in [3.05, 3.63) is 35.4 Å². The van der Waals surface area contributed by atoms with Crippen LogP contribution in [0.4, 0.5) is 0 Å². The molecule has 112 valence electrons. The van der Waals surface area contributed by atoms with Crippen LogP contribution in [0.1, 0.15) is 77.2 Å². The molecule has 1 atom stereocenters. The Morgan fingerprint density at radius 3 is 1.90 bits per heavy atom. The summed E-state index contributed by atoms with van der Waals surface area (Å²) in [6.45, 7) is 15.4. The molecule has 0 radical (unpaired) electrons. The van der Waals surface area contributed by atoms with Gasteiger partial charge in [0.2, 0.25) is 0 Å². The number of Topliss-reactive ketones (excluding diaryl/α,β-unsaturated/α-hetero) is 1. The van der Waals surface area contributed by atoms with E-state index in [0.717, 1.165) is 12.0 Å². The van der Waals surface area contributed by atoms with Gasteiger partial charge in [-0.3, -0.25) is 4.79 Å². The van der Waals surface area contributed by atoms with E-state index in [1.165, 1.54) is 5.56 Å². The van der Waals surface area contributed by atoms with Crippen LogP contribution >= 0.6 is 0 Å². The molecule has 0 aliphatic rings. The van der Waals surface area contributed by atoms with Gasteiger partial charge in [-0.2, -0.15) is 0 Å². The van der Waals surface area contributed by atoms with E-state index in [1.54, 1.807) is 0 Å². The van der Waals surface area contributed by atoms with Gasteiger partial charge in [0, 0.05) is 12.0 Å². The highest BCUT2D eigenvalue weighted by Crippen LogP contribution is 2.27. The Morgan fingerprint density at radius 1 is 1.00 bits per heavy atom. The van der Waals surface area contributed by atoms with Crippen molar-refractivity contribution in [1.82, 2.24) is 0 Å². The number of hydrogen-bond acceptors (Lipinski definition) is 1. The topological polar surface area (TPSA) is 17.1 Å². The summed E-state index contributed by atoms with van der Waals surface area (Å²) in [5.74, 6) is 0.701. The Balaban J connectivity index is 2.69. The van der Waals surface area contributed by atoms with E-state index in [4.69, 9.17) is 0 Å². The number of benzene rings is 1. The molecule has 0 saturated carbocycles. The van der Waals surface area contributed by atoms with E-state index >= 15 is 0 Å². The smallest absolute Gasteiger partial charge is 0.163 e. The summed E-state index contributed by atoms with van der Waals surface area (Å²) in [5, 5.41) is 0. The molecular formula is C19H30O. The fraction of sp³-hybridized carbons (Fsp3) is 0.632. The highest BCUT2D eigenvalue weighted by atomic mass is 16.1. The van der Waals surface area contributed by atoms with Crippen molar-refractivity contribution in [2.75, 3.05) is 0 Å². The van der Waals surface area contributed by atoms with Crippen LogP contribution < -0.4 is 0 Å². The van der Waals surface area contributed by atoms with Crippen LogP contribution in [0.3, 0.4) is 0 Å². The van der Waals surface area contributed by atoms with Crippen LogP contribution in [-0.4, -0.2) is 5.78 Å². The molecule has 20 heavy (non-hydrogen) atoms. The monoisotopic (exact) mass is 274 g/mol. The fourth-order valence-electron chi connectivity index (χ4n) is 2.71. The second-order valence-corrected chi connectivity index (χ2v) is 8.32. The largest absolute Gasteiger partial charge is 0.294 e. The molecule has 0 fully saturated rings. The zero-order valence-corrected chi connectivity index (χ0v) is 14.2. The molecule has 1 nitrogen and oxygen atoms in total. The second kappa shape index (κ2) is 6.11. The lowest BCUT2D eigenvalue weighted by Crippen LogP contribution is -2.15. The van der Waals surface area contributed by atoms with Gasteiger partial charge in [0.25, 0.3) is 0 Å². The van der Waals surface area contributed by atoms with Crippen molar-refractivity contribution >= 4 is 5.78 Å². The van der Waals surface area contributed by atoms with Crippen LogP contribution in [0.25, 0.3) is 0 Å². The summed E-state index contributed by atoms with van der Waals surface area (Å²) in [5.41, 5.74) is 2.55. The van der Waals surface area contributed by atoms with Gasteiger partial charge in [-0.05, 0) is 28.7 Å². The minimum atomic E-state index is 0.140. The summed E-state index contributed by atoms with van der Waals surface area (Å²) in [4.78, 5) is 12.3. The van der Waals surface area contributed by atoms with E-state index in [9.17, 15) is 4.79 Å². The lowest BCUT2D eigenvalue weighted by molar-refractivity contribution is 0.0954. The summed E-state index contributed by atoms with van der Waals surface area (Å²) in [6.07, 6.45) is 1.73. The number of hydrogen-bond donors (Lipinski definition) is 0. The molecule has 0 spiro atoms. The summed E-state index contributed by atoms with van der Waals surface area (Å²) in [7, 11) is 0. The van der Waals surface area contributed by atoms with Crippen molar-refractivity contribution < 1.29 is 4.79 Å². The first-order valence-corrected chi connectivity index (χ1v) is 7.63. The Hall–Kier alpha value is -1.11. The predicted octanol–water partition coefficient (Wildman–Crippen LogP) is 5.63. The number of ketones is 1. The fourth-order valence-corrected chi connectivity index (χ4v) is 2.71. The molecule has 0 bridgehead atoms. The maximum absolute atomic E-state index is 12.3. The normalized spacial score (nSPS) is 14.2. The molecule has 0 aliphatic carbocycles. The third kappa shape index (κ3) is 5.48. The van der Waals surface area contributed by atoms with E-state index in [0.29, 0.717) is 12.3 Å². The molecule has 0 saturated heterocycles. The average molecular weight is 274 g/mol. The number of rotatable bonds is 4. The van der Waals surface area contributed by atoms with Gasteiger partial charge in [-0.15, -0.1) is 0 Å². The standard InChI is InChI=1S/C19H30O/c1-14(13-18(2,3)4)12-17(20)15-8-10-16(11-9-15)19(5,6)7/h8-11,14H,12-13H2,1-7H3. The van der Waals surface area contributed by atoms with Gasteiger partial charge < -0.3 is 0 Å². The van der Waals surface area contributed by atoms with Crippen LogP contribution in [0.5, 0.6) is 0 Å². The highest BCUT2D eigenvalue weighted by molar-refractivity contribution is 5.96. The van der Waals surface area contributed by atoms with Gasteiger partial charge in [0.15, 0.2) is 5.78 Å². The van der Waals surface area contributed by atoms with Crippen LogP contribution in [0.2, 0.25) is 0 Å². The Kier molecular flexibility index (Phi) is 5.18. The van der Waals surface area contributed by atoms with Crippen LogP contribution in [0.15, 0.2) is 24.3 Å². The molecular weight excluding hydrogens is 244 g/mol. The van der Waals surface area contributed by atoms with Crippen LogP contribution in [0, 0.1) is 11.3 Å². The molecule has 0 amide bonds. The quantitative estimate of drug-likeness (QED) is 0.650. The maximum Gasteiger partial charge on any atom is 0.163 e. The molecule has 0 heterocycles. The minimum absolute atomic E-state index is 0.140. The molecule has 0 aromatic heterocycles. The van der Waals surface area contributed by atoms with Gasteiger partial charge in [-0.1, -0.05) is 72.7 Å². The first kappa shape index (κ1) is 16.9. The molecule has 0 N–H and O–H groups in total. The van der Waals surface area contributed by atoms with E-state index in [1.807, 2.05) is 12.1 Å². The van der Waals surface area contributed by atoms with Crippen molar-refractivity contribution in [2.45, 2.75) is 66.7 Å². The van der Waals surface area contributed by atoms with Crippen LogP contribution in [-0.2, 0) is 5.41 Å². The third-order valence-corrected chi connectivity index (χ3v) is 3.57. The van der Waals surface area contributed by atoms with E-state index < -0.39 is 0 Å². The lowest BCUT2D eigenvalue weighted by atomic mass is 9.82. The lowest BCUT2D eigenvalue weighted by Gasteiger charge is -2.23. The molecule has 1 unspecified atom stereocenters. The second-order valence-electron chi connectivity index (χ2n) is 8.32. The number of carbonyl (C=O) groups excluding carboxylic acids is 1. The molecule has 1 heteroatoms. The Labute approximate surface area is 124 Å². The summed E-state index contributed by atoms with van der Waals surface area (Å²) >= 11 is 0. The van der Waals surface area contributed by atoms with Gasteiger partial charge in [0.1, 0.15) is 0 Å². The van der Waals surface area contributed by atoms with Gasteiger partial charge in [-0.25, -0.2) is 0 Å². The molecule has 1 aromatic carbocycles. The van der Waals surface area contributed by atoms with Crippen molar-refractivity contribution in [3.63, 3.8) is 0 Å². The van der Waals surface area contributed by atoms with Crippen molar-refractivity contribution in [3.8, 4) is 0 Å². The third-order valence-electron chi connectivity index (χ3n) is 3.57. The highest BCUT2D eigenvalue weighted by Gasteiger charge is 2.19. The van der Waals surface area contributed by atoms with Crippen molar-refractivity contribution in [1.29, 1.82) is 0 Å². The van der Waals surface area contributed by atoms with Gasteiger partial charge in [0.05, 0.1) is 0 Å². The summed E-state index contributed by atoms with van der Waals surface area (Å²) in [6, 6.07) is 8.13. The van der Waals surface area contributed by atoms with Crippen molar-refractivity contribution in [2.24, 2.45) is 11.3 Å². The maximum atomic E-state index is 12.3. The first-order chi connectivity index (χ1) is 8.99. The van der Waals surface area contributed by atoms with E-state index in [-0.39, 0.29) is 16.6 Å². The first-order valence-electron chi connectivity index (χ1n) is 7.63. The van der Waals surface area contributed by atoms with Gasteiger partial charge >= 0.3 is 0 Å². The molecule has 1 aromatic rings. The number of carbonyl (C=O) groups is 1. The van der Waals surface area contributed by atoms with E-state index in [2.05, 4.69) is 60.6 Å². The molecule has 1 rings (SSSR count). The Morgan fingerprint density at radius 2 is 1.50 bits per heavy atom. The molecule has 0 aliphatic heterocycles. The SMILES string of the molecule is CC(CC(=O)c1ccc(C(C)(C)C)cc1)CC(C)(C)C. The zero-order valence-electron chi connectivity index (χ0n) is 14.2. The predicted molar refractivity (Wildman–Crippen MR) is 87.3 cm³/mol. The summed E-state index contributed by atoms with van der Waals surface area (Å²) < 4.78 is 0. The zero-order chi connectivity index (χ0) is 15.6.